The fraction of sp³-hybridized carbons (Fsp3) is 0.833. The summed E-state index contributed by atoms with van der Waals surface area (Å²) in [6, 6.07) is 0. The van der Waals surface area contributed by atoms with Gasteiger partial charge in [0.15, 0.2) is 0 Å². The van der Waals surface area contributed by atoms with Gasteiger partial charge in [0.05, 0.1) is 0 Å². The van der Waals surface area contributed by atoms with Crippen molar-refractivity contribution in [2.75, 3.05) is 6.26 Å². The van der Waals surface area contributed by atoms with Crippen LogP contribution in [0.4, 0.5) is 0 Å². The Labute approximate surface area is 50.7 Å². The first-order valence-electron chi connectivity index (χ1n) is 2.67. The first-order valence-corrected chi connectivity index (χ1v) is 3.96. The van der Waals surface area contributed by atoms with Gasteiger partial charge in [-0.25, -0.2) is 0 Å². The zero-order valence-electron chi connectivity index (χ0n) is 5.27. The van der Waals surface area contributed by atoms with Gasteiger partial charge in [-0.15, -0.1) is 0 Å². The smallest absolute Gasteiger partial charge is 0.00702 e. The third-order valence-corrected chi connectivity index (χ3v) is 2.29. The van der Waals surface area contributed by atoms with Crippen LogP contribution >= 0.6 is 11.8 Å². The minimum absolute atomic E-state index is 0.778. The van der Waals surface area contributed by atoms with Gasteiger partial charge in [0.1, 0.15) is 0 Å². The summed E-state index contributed by atoms with van der Waals surface area (Å²) >= 11 is 1.91. The van der Waals surface area contributed by atoms with Gasteiger partial charge in [-0.3, -0.25) is 0 Å². The van der Waals surface area contributed by atoms with Gasteiger partial charge < -0.3 is 0 Å². The Morgan fingerprint density at radius 3 is 2.29 bits per heavy atom. The fourth-order valence-corrected chi connectivity index (χ4v) is 1.14. The Bertz CT molecular complexity index is 25.7. The molecule has 0 amide bonds. The SMILES string of the molecule is C[CH]C(CC)SC. The summed E-state index contributed by atoms with van der Waals surface area (Å²) in [5.41, 5.74) is 0. The Hall–Kier alpha value is 0.350. The molecule has 0 rings (SSSR count). The first-order chi connectivity index (χ1) is 3.35. The van der Waals surface area contributed by atoms with Crippen LogP contribution in [0.2, 0.25) is 0 Å². The van der Waals surface area contributed by atoms with Gasteiger partial charge in [-0.2, -0.15) is 11.8 Å². The Morgan fingerprint density at radius 2 is 2.29 bits per heavy atom. The fourth-order valence-electron chi connectivity index (χ4n) is 0.538. The second-order valence-electron chi connectivity index (χ2n) is 1.52. The molecule has 0 aliphatic rings. The maximum absolute atomic E-state index is 2.24. The molecule has 0 aromatic heterocycles. The number of hydrogen-bond acceptors (Lipinski definition) is 1. The Balaban J connectivity index is 2.99. The molecule has 0 heterocycles. The average Bonchev–Trinajstić information content (AvgIpc) is 1.72. The van der Waals surface area contributed by atoms with Crippen LogP contribution in [0, 0.1) is 6.42 Å². The molecular formula is C6H13S. The highest BCUT2D eigenvalue weighted by molar-refractivity contribution is 7.99. The molecule has 7 heavy (non-hydrogen) atoms. The van der Waals surface area contributed by atoms with E-state index < -0.39 is 0 Å². The van der Waals surface area contributed by atoms with Gasteiger partial charge in [0.25, 0.3) is 0 Å². The molecule has 1 atom stereocenters. The summed E-state index contributed by atoms with van der Waals surface area (Å²) in [5.74, 6) is 0. The van der Waals surface area contributed by atoms with Crippen LogP contribution in [-0.4, -0.2) is 11.5 Å². The van der Waals surface area contributed by atoms with E-state index in [9.17, 15) is 0 Å². The highest BCUT2D eigenvalue weighted by Crippen LogP contribution is 2.11. The van der Waals surface area contributed by atoms with Crippen molar-refractivity contribution in [1.29, 1.82) is 0 Å². The molecule has 43 valence electrons. The van der Waals surface area contributed by atoms with Crippen LogP contribution in [0.5, 0.6) is 0 Å². The lowest BCUT2D eigenvalue weighted by Crippen LogP contribution is -1.95. The van der Waals surface area contributed by atoms with Crippen LogP contribution in [-0.2, 0) is 0 Å². The third kappa shape index (κ3) is 2.98. The van der Waals surface area contributed by atoms with Gasteiger partial charge in [-0.05, 0) is 19.1 Å². The summed E-state index contributed by atoms with van der Waals surface area (Å²) in [5, 5.41) is 0.778. The van der Waals surface area contributed by atoms with Crippen molar-refractivity contribution in [2.24, 2.45) is 0 Å². The van der Waals surface area contributed by atoms with Gasteiger partial charge >= 0.3 is 0 Å². The predicted octanol–water partition coefficient (Wildman–Crippen LogP) is 2.35. The Kier molecular flexibility index (Phi) is 4.73. The second-order valence-corrected chi connectivity index (χ2v) is 2.59. The standard InChI is InChI=1S/C6H13S/c1-4-6(5-2)7-3/h4,6H,5H2,1-3H3. The maximum Gasteiger partial charge on any atom is 0.00702 e. The minimum atomic E-state index is 0.778. The monoisotopic (exact) mass is 117 g/mol. The maximum atomic E-state index is 2.24. The molecular weight excluding hydrogens is 104 g/mol. The number of hydrogen-bond donors (Lipinski definition) is 0. The predicted molar refractivity (Wildman–Crippen MR) is 37.6 cm³/mol. The van der Waals surface area contributed by atoms with E-state index in [0.717, 1.165) is 5.25 Å². The van der Waals surface area contributed by atoms with Gasteiger partial charge in [0, 0.05) is 5.25 Å². The number of rotatable bonds is 3. The van der Waals surface area contributed by atoms with Crippen molar-refractivity contribution in [3.05, 3.63) is 6.42 Å². The third-order valence-electron chi connectivity index (χ3n) is 1.08. The van der Waals surface area contributed by atoms with E-state index in [1.165, 1.54) is 6.42 Å². The minimum Gasteiger partial charge on any atom is -0.162 e. The van der Waals surface area contributed by atoms with E-state index >= 15 is 0 Å². The van der Waals surface area contributed by atoms with Crippen LogP contribution < -0.4 is 0 Å². The topological polar surface area (TPSA) is 0 Å². The highest BCUT2D eigenvalue weighted by Gasteiger charge is 1.96. The summed E-state index contributed by atoms with van der Waals surface area (Å²) in [6.07, 6.45) is 5.65. The van der Waals surface area contributed by atoms with Crippen LogP contribution in [0.15, 0.2) is 0 Å². The normalized spacial score (nSPS) is 10.3. The van der Waals surface area contributed by atoms with E-state index in [4.69, 9.17) is 0 Å². The molecule has 0 bridgehead atoms. The van der Waals surface area contributed by atoms with Crippen LogP contribution in [0.3, 0.4) is 0 Å². The van der Waals surface area contributed by atoms with E-state index in [-0.39, 0.29) is 0 Å². The van der Waals surface area contributed by atoms with Crippen molar-refractivity contribution in [3.8, 4) is 0 Å². The zero-order valence-corrected chi connectivity index (χ0v) is 6.09. The van der Waals surface area contributed by atoms with Gasteiger partial charge in [-0.1, -0.05) is 13.8 Å². The quantitative estimate of drug-likeness (QED) is 0.547. The first kappa shape index (κ1) is 7.35. The number of thioether (sulfide) groups is 1. The summed E-state index contributed by atoms with van der Waals surface area (Å²) in [4.78, 5) is 0. The van der Waals surface area contributed by atoms with Crippen LogP contribution in [0.1, 0.15) is 20.3 Å². The van der Waals surface area contributed by atoms with Crippen molar-refractivity contribution in [2.45, 2.75) is 25.5 Å². The van der Waals surface area contributed by atoms with Gasteiger partial charge in [0.2, 0.25) is 0 Å². The molecule has 1 heteroatoms. The highest BCUT2D eigenvalue weighted by atomic mass is 32.2. The molecule has 0 fully saturated rings. The molecule has 1 radical (unpaired) electrons. The lowest BCUT2D eigenvalue weighted by Gasteiger charge is -2.04. The molecule has 0 saturated carbocycles. The summed E-state index contributed by atoms with van der Waals surface area (Å²) in [6.45, 7) is 4.33. The summed E-state index contributed by atoms with van der Waals surface area (Å²) in [7, 11) is 0. The molecule has 0 aromatic rings. The molecule has 0 nitrogen and oxygen atoms in total. The van der Waals surface area contributed by atoms with Crippen LogP contribution in [0.25, 0.3) is 0 Å². The average molecular weight is 117 g/mol. The van der Waals surface area contributed by atoms with E-state index in [0.29, 0.717) is 0 Å². The summed E-state index contributed by atoms with van der Waals surface area (Å²) < 4.78 is 0. The molecule has 0 aliphatic carbocycles. The van der Waals surface area contributed by atoms with Crippen molar-refractivity contribution >= 4 is 11.8 Å². The van der Waals surface area contributed by atoms with E-state index in [1.807, 2.05) is 11.8 Å². The lowest BCUT2D eigenvalue weighted by atomic mass is 10.3. The second kappa shape index (κ2) is 4.51. The van der Waals surface area contributed by atoms with E-state index in [2.05, 4.69) is 26.5 Å². The molecule has 0 spiro atoms. The molecule has 0 aliphatic heterocycles. The lowest BCUT2D eigenvalue weighted by molar-refractivity contribution is 0.923. The molecule has 1 unspecified atom stereocenters. The van der Waals surface area contributed by atoms with Crippen molar-refractivity contribution in [3.63, 3.8) is 0 Å². The zero-order chi connectivity index (χ0) is 5.70. The molecule has 0 N–H and O–H groups in total. The molecule has 0 saturated heterocycles. The van der Waals surface area contributed by atoms with E-state index in [1.54, 1.807) is 0 Å². The largest absolute Gasteiger partial charge is 0.162 e. The van der Waals surface area contributed by atoms with Crippen molar-refractivity contribution < 1.29 is 0 Å². The molecule has 0 aromatic carbocycles. The Morgan fingerprint density at radius 1 is 1.71 bits per heavy atom. The van der Waals surface area contributed by atoms with Crippen molar-refractivity contribution in [1.82, 2.24) is 0 Å².